The van der Waals surface area contributed by atoms with Crippen molar-refractivity contribution in [1.29, 1.82) is 0 Å². The summed E-state index contributed by atoms with van der Waals surface area (Å²) in [5, 5.41) is 9.07. The van der Waals surface area contributed by atoms with Crippen molar-refractivity contribution in [3.8, 4) is 0 Å². The van der Waals surface area contributed by atoms with E-state index in [-0.39, 0.29) is 11.3 Å². The molecule has 1 N–H and O–H groups in total. The molecule has 0 unspecified atom stereocenters. The standard InChI is InChI=1S/C17H22N2O3/c1-17(2,3)16-18-13-10-12(4-5-14(13)22-16)19-8-6-11(7-9-19)15(20)21/h4-5,10-11H,6-9H2,1-3H3,(H,20,21). The number of hydrogen-bond donors (Lipinski definition) is 1. The van der Waals surface area contributed by atoms with Gasteiger partial charge in [0.25, 0.3) is 0 Å². The van der Waals surface area contributed by atoms with Crippen LogP contribution in [-0.2, 0) is 10.2 Å². The van der Waals surface area contributed by atoms with Gasteiger partial charge in [-0.3, -0.25) is 4.79 Å². The third-order valence-corrected chi connectivity index (χ3v) is 4.22. The van der Waals surface area contributed by atoms with Crippen molar-refractivity contribution < 1.29 is 14.3 Å². The molecule has 1 fully saturated rings. The van der Waals surface area contributed by atoms with E-state index in [1.54, 1.807) is 0 Å². The molecule has 0 aliphatic carbocycles. The highest BCUT2D eigenvalue weighted by atomic mass is 16.4. The first-order chi connectivity index (χ1) is 10.3. The number of carboxylic acid groups (broad SMARTS) is 1. The maximum absolute atomic E-state index is 11.0. The zero-order valence-corrected chi connectivity index (χ0v) is 13.3. The van der Waals surface area contributed by atoms with Gasteiger partial charge in [-0.05, 0) is 31.0 Å². The molecule has 2 aromatic rings. The molecule has 22 heavy (non-hydrogen) atoms. The molecule has 1 aromatic heterocycles. The van der Waals surface area contributed by atoms with Gasteiger partial charge in [0.05, 0.1) is 5.92 Å². The minimum atomic E-state index is -0.679. The van der Waals surface area contributed by atoms with Crippen molar-refractivity contribution in [2.45, 2.75) is 39.0 Å². The number of benzene rings is 1. The molecule has 3 rings (SSSR count). The number of piperidine rings is 1. The predicted molar refractivity (Wildman–Crippen MR) is 85.3 cm³/mol. The lowest BCUT2D eigenvalue weighted by Crippen LogP contribution is -2.36. The molecule has 5 heteroatoms. The van der Waals surface area contributed by atoms with Crippen molar-refractivity contribution >= 4 is 22.8 Å². The van der Waals surface area contributed by atoms with Crippen molar-refractivity contribution in [2.24, 2.45) is 5.92 Å². The van der Waals surface area contributed by atoms with Gasteiger partial charge in [-0.1, -0.05) is 20.8 Å². The molecule has 2 heterocycles. The van der Waals surface area contributed by atoms with E-state index in [0.29, 0.717) is 12.8 Å². The van der Waals surface area contributed by atoms with Crippen molar-refractivity contribution in [3.63, 3.8) is 0 Å². The van der Waals surface area contributed by atoms with Crippen LogP contribution in [0.5, 0.6) is 0 Å². The maximum Gasteiger partial charge on any atom is 0.306 e. The van der Waals surface area contributed by atoms with E-state index in [1.807, 2.05) is 18.2 Å². The van der Waals surface area contributed by atoms with Crippen LogP contribution in [0.2, 0.25) is 0 Å². The molecule has 0 radical (unpaired) electrons. The predicted octanol–water partition coefficient (Wildman–Crippen LogP) is 3.43. The van der Waals surface area contributed by atoms with E-state index >= 15 is 0 Å². The Morgan fingerprint density at radius 3 is 2.59 bits per heavy atom. The Bertz CT molecular complexity index is 691. The summed E-state index contributed by atoms with van der Waals surface area (Å²) in [6, 6.07) is 6.02. The quantitative estimate of drug-likeness (QED) is 0.920. The van der Waals surface area contributed by atoms with Gasteiger partial charge in [-0.2, -0.15) is 0 Å². The normalized spacial score (nSPS) is 17.1. The van der Waals surface area contributed by atoms with Gasteiger partial charge in [-0.25, -0.2) is 4.98 Å². The molecule has 0 saturated carbocycles. The molecule has 0 amide bonds. The molecule has 0 atom stereocenters. The highest BCUT2D eigenvalue weighted by Crippen LogP contribution is 2.30. The Hall–Kier alpha value is -2.04. The molecule has 1 saturated heterocycles. The molecular weight excluding hydrogens is 280 g/mol. The zero-order chi connectivity index (χ0) is 15.9. The molecule has 1 aliphatic rings. The van der Waals surface area contributed by atoms with Crippen molar-refractivity contribution in [2.75, 3.05) is 18.0 Å². The first-order valence-electron chi connectivity index (χ1n) is 7.73. The maximum atomic E-state index is 11.0. The Kier molecular flexibility index (Phi) is 3.59. The van der Waals surface area contributed by atoms with Gasteiger partial charge in [0.15, 0.2) is 5.58 Å². The van der Waals surface area contributed by atoms with Crippen LogP contribution in [0.4, 0.5) is 5.69 Å². The summed E-state index contributed by atoms with van der Waals surface area (Å²) in [6.45, 7) is 7.78. The molecule has 5 nitrogen and oxygen atoms in total. The van der Waals surface area contributed by atoms with Gasteiger partial charge in [0.1, 0.15) is 5.52 Å². The fourth-order valence-corrected chi connectivity index (χ4v) is 2.82. The number of rotatable bonds is 2. The fourth-order valence-electron chi connectivity index (χ4n) is 2.82. The van der Waals surface area contributed by atoms with Crippen LogP contribution in [0.1, 0.15) is 39.5 Å². The summed E-state index contributed by atoms with van der Waals surface area (Å²) in [4.78, 5) is 17.8. The SMILES string of the molecule is CC(C)(C)c1nc2cc(N3CCC(C(=O)O)CC3)ccc2o1. The lowest BCUT2D eigenvalue weighted by molar-refractivity contribution is -0.142. The minimum absolute atomic E-state index is 0.112. The first-order valence-corrected chi connectivity index (χ1v) is 7.73. The molecular formula is C17H22N2O3. The van der Waals surface area contributed by atoms with Crippen molar-refractivity contribution in [1.82, 2.24) is 4.98 Å². The summed E-state index contributed by atoms with van der Waals surface area (Å²) in [6.07, 6.45) is 1.39. The van der Waals surface area contributed by atoms with Crippen LogP contribution in [0.3, 0.4) is 0 Å². The molecule has 118 valence electrons. The Morgan fingerprint density at radius 2 is 2.00 bits per heavy atom. The van der Waals surface area contributed by atoms with E-state index in [1.165, 1.54) is 0 Å². The fraction of sp³-hybridized carbons (Fsp3) is 0.529. The number of nitrogens with zero attached hydrogens (tertiary/aromatic N) is 2. The van der Waals surface area contributed by atoms with Gasteiger partial charge in [0, 0.05) is 24.2 Å². The second-order valence-electron chi connectivity index (χ2n) is 7.02. The van der Waals surface area contributed by atoms with E-state index < -0.39 is 5.97 Å². The topological polar surface area (TPSA) is 66.6 Å². The average Bonchev–Trinajstić information content (AvgIpc) is 2.90. The van der Waals surface area contributed by atoms with Crippen LogP contribution in [0.25, 0.3) is 11.1 Å². The summed E-state index contributed by atoms with van der Waals surface area (Å²) in [7, 11) is 0. The number of anilines is 1. The second kappa shape index (κ2) is 5.30. The molecule has 1 aliphatic heterocycles. The minimum Gasteiger partial charge on any atom is -0.481 e. The van der Waals surface area contributed by atoms with Gasteiger partial charge < -0.3 is 14.4 Å². The third kappa shape index (κ3) is 2.80. The number of aliphatic carboxylic acids is 1. The lowest BCUT2D eigenvalue weighted by atomic mass is 9.97. The van der Waals surface area contributed by atoms with E-state index in [0.717, 1.165) is 35.8 Å². The van der Waals surface area contributed by atoms with E-state index in [2.05, 4.69) is 30.7 Å². The first kappa shape index (κ1) is 14.9. The second-order valence-corrected chi connectivity index (χ2v) is 7.02. The Morgan fingerprint density at radius 1 is 1.32 bits per heavy atom. The summed E-state index contributed by atoms with van der Waals surface area (Å²) in [5.74, 6) is -0.148. The van der Waals surface area contributed by atoms with Crippen LogP contribution >= 0.6 is 0 Å². The molecule has 0 bridgehead atoms. The lowest BCUT2D eigenvalue weighted by Gasteiger charge is -2.31. The Balaban J connectivity index is 1.82. The van der Waals surface area contributed by atoms with Crippen LogP contribution in [0, 0.1) is 5.92 Å². The summed E-state index contributed by atoms with van der Waals surface area (Å²) < 4.78 is 5.82. The number of carbonyl (C=O) groups is 1. The number of fused-ring (bicyclic) bond motifs is 1. The Labute approximate surface area is 129 Å². The number of aromatic nitrogens is 1. The van der Waals surface area contributed by atoms with Gasteiger partial charge in [-0.15, -0.1) is 0 Å². The smallest absolute Gasteiger partial charge is 0.306 e. The monoisotopic (exact) mass is 302 g/mol. The van der Waals surface area contributed by atoms with Crippen LogP contribution in [-0.4, -0.2) is 29.1 Å². The van der Waals surface area contributed by atoms with E-state index in [4.69, 9.17) is 9.52 Å². The highest BCUT2D eigenvalue weighted by molar-refractivity contribution is 5.78. The summed E-state index contributed by atoms with van der Waals surface area (Å²) in [5.41, 5.74) is 2.64. The molecule has 1 aromatic carbocycles. The third-order valence-electron chi connectivity index (χ3n) is 4.22. The number of hydrogen-bond acceptors (Lipinski definition) is 4. The van der Waals surface area contributed by atoms with E-state index in [9.17, 15) is 4.79 Å². The largest absolute Gasteiger partial charge is 0.481 e. The van der Waals surface area contributed by atoms with Crippen LogP contribution < -0.4 is 4.90 Å². The highest BCUT2D eigenvalue weighted by Gasteiger charge is 2.25. The summed E-state index contributed by atoms with van der Waals surface area (Å²) >= 11 is 0. The van der Waals surface area contributed by atoms with Gasteiger partial charge in [0.2, 0.25) is 5.89 Å². The van der Waals surface area contributed by atoms with Crippen molar-refractivity contribution in [3.05, 3.63) is 24.1 Å². The van der Waals surface area contributed by atoms with Gasteiger partial charge >= 0.3 is 5.97 Å². The average molecular weight is 302 g/mol. The zero-order valence-electron chi connectivity index (χ0n) is 13.3. The molecule has 0 spiro atoms. The number of oxazole rings is 1. The number of carboxylic acids is 1. The van der Waals surface area contributed by atoms with Crippen LogP contribution in [0.15, 0.2) is 22.6 Å².